The van der Waals surface area contributed by atoms with Crippen LogP contribution in [0.1, 0.15) is 51.0 Å². The highest BCUT2D eigenvalue weighted by Gasteiger charge is 2.13. The summed E-state index contributed by atoms with van der Waals surface area (Å²) >= 11 is 0. The SMILES string of the molecule is CCNC(=NCC(=O)NCc1ccc(OC)cc1)NCCCOC1CCCCC1.I. The van der Waals surface area contributed by atoms with Crippen molar-refractivity contribution in [3.63, 3.8) is 0 Å². The summed E-state index contributed by atoms with van der Waals surface area (Å²) in [5.74, 6) is 1.35. The van der Waals surface area contributed by atoms with Gasteiger partial charge in [0.25, 0.3) is 0 Å². The minimum atomic E-state index is -0.112. The maximum Gasteiger partial charge on any atom is 0.242 e. The molecular weight excluding hydrogens is 495 g/mol. The molecule has 0 saturated heterocycles. The van der Waals surface area contributed by atoms with E-state index < -0.39 is 0 Å². The molecule has 1 aromatic carbocycles. The van der Waals surface area contributed by atoms with Gasteiger partial charge in [-0.15, -0.1) is 24.0 Å². The first-order chi connectivity index (χ1) is 14.2. The second kappa shape index (κ2) is 16.2. The first-order valence-electron chi connectivity index (χ1n) is 10.7. The second-order valence-corrected chi connectivity index (χ2v) is 7.23. The van der Waals surface area contributed by atoms with Crippen LogP contribution in [0.4, 0.5) is 0 Å². The fourth-order valence-corrected chi connectivity index (χ4v) is 3.25. The van der Waals surface area contributed by atoms with Gasteiger partial charge in [0, 0.05) is 26.2 Å². The van der Waals surface area contributed by atoms with Crippen molar-refractivity contribution in [2.45, 2.75) is 58.1 Å². The van der Waals surface area contributed by atoms with Crippen molar-refractivity contribution in [3.8, 4) is 5.75 Å². The molecule has 8 heteroatoms. The van der Waals surface area contributed by atoms with Gasteiger partial charge < -0.3 is 25.4 Å². The molecule has 0 atom stereocenters. The Kier molecular flexibility index (Phi) is 14.3. The van der Waals surface area contributed by atoms with Crippen molar-refractivity contribution in [2.24, 2.45) is 4.99 Å². The molecule has 30 heavy (non-hydrogen) atoms. The van der Waals surface area contributed by atoms with Gasteiger partial charge in [0.2, 0.25) is 5.91 Å². The monoisotopic (exact) mass is 532 g/mol. The van der Waals surface area contributed by atoms with Crippen molar-refractivity contribution in [3.05, 3.63) is 29.8 Å². The molecule has 1 aliphatic rings. The molecule has 7 nitrogen and oxygen atoms in total. The third kappa shape index (κ3) is 11.0. The molecule has 1 amide bonds. The van der Waals surface area contributed by atoms with Crippen molar-refractivity contribution < 1.29 is 14.3 Å². The average molecular weight is 532 g/mol. The number of nitrogens with one attached hydrogen (secondary N) is 3. The number of carbonyl (C=O) groups is 1. The number of amides is 1. The van der Waals surface area contributed by atoms with Crippen LogP contribution in [0.25, 0.3) is 0 Å². The Morgan fingerprint density at radius 3 is 2.50 bits per heavy atom. The Morgan fingerprint density at radius 1 is 1.10 bits per heavy atom. The van der Waals surface area contributed by atoms with E-state index in [2.05, 4.69) is 20.9 Å². The Bertz CT molecular complexity index is 619. The van der Waals surface area contributed by atoms with E-state index in [-0.39, 0.29) is 36.4 Å². The highest BCUT2D eigenvalue weighted by Crippen LogP contribution is 2.20. The third-order valence-corrected chi connectivity index (χ3v) is 4.89. The predicted molar refractivity (Wildman–Crippen MR) is 132 cm³/mol. The summed E-state index contributed by atoms with van der Waals surface area (Å²) in [6, 6.07) is 7.63. The fraction of sp³-hybridized carbons (Fsp3) is 0.636. The molecule has 3 N–H and O–H groups in total. The molecule has 0 spiro atoms. The summed E-state index contributed by atoms with van der Waals surface area (Å²) in [5, 5.41) is 9.32. The van der Waals surface area contributed by atoms with Crippen LogP contribution in [0, 0.1) is 0 Å². The maximum atomic E-state index is 12.1. The van der Waals surface area contributed by atoms with E-state index in [1.165, 1.54) is 32.1 Å². The van der Waals surface area contributed by atoms with Crippen molar-refractivity contribution in [1.82, 2.24) is 16.0 Å². The highest BCUT2D eigenvalue weighted by molar-refractivity contribution is 14.0. The Morgan fingerprint density at radius 2 is 1.83 bits per heavy atom. The number of halogens is 1. The van der Waals surface area contributed by atoms with E-state index in [1.54, 1.807) is 7.11 Å². The summed E-state index contributed by atoms with van der Waals surface area (Å²) < 4.78 is 11.1. The number of methoxy groups -OCH3 is 1. The molecule has 0 radical (unpaired) electrons. The number of hydrogen-bond acceptors (Lipinski definition) is 4. The molecule has 170 valence electrons. The van der Waals surface area contributed by atoms with Crippen LogP contribution < -0.4 is 20.7 Å². The van der Waals surface area contributed by atoms with E-state index >= 15 is 0 Å². The van der Waals surface area contributed by atoms with Crippen LogP contribution >= 0.6 is 24.0 Å². The quantitative estimate of drug-likeness (QED) is 0.177. The summed E-state index contributed by atoms with van der Waals surface area (Å²) in [7, 11) is 1.63. The zero-order valence-corrected chi connectivity index (χ0v) is 20.6. The molecular formula is C22H37IN4O3. The topological polar surface area (TPSA) is 84.0 Å². The van der Waals surface area contributed by atoms with E-state index in [4.69, 9.17) is 9.47 Å². The van der Waals surface area contributed by atoms with Gasteiger partial charge in [0.15, 0.2) is 5.96 Å². The first kappa shape index (κ1) is 26.5. The van der Waals surface area contributed by atoms with Crippen LogP contribution in [0.3, 0.4) is 0 Å². The van der Waals surface area contributed by atoms with E-state index in [9.17, 15) is 4.79 Å². The van der Waals surface area contributed by atoms with E-state index in [1.807, 2.05) is 31.2 Å². The lowest BCUT2D eigenvalue weighted by Crippen LogP contribution is -2.39. The van der Waals surface area contributed by atoms with Gasteiger partial charge in [-0.1, -0.05) is 31.4 Å². The number of guanidine groups is 1. The zero-order chi connectivity index (χ0) is 20.7. The molecule has 1 saturated carbocycles. The Balaban J connectivity index is 0.00000450. The van der Waals surface area contributed by atoms with Gasteiger partial charge in [-0.05, 0) is 43.9 Å². The van der Waals surface area contributed by atoms with Crippen molar-refractivity contribution >= 4 is 35.8 Å². The van der Waals surface area contributed by atoms with Gasteiger partial charge in [-0.2, -0.15) is 0 Å². The molecule has 1 fully saturated rings. The van der Waals surface area contributed by atoms with Gasteiger partial charge in [-0.25, -0.2) is 4.99 Å². The number of nitrogens with zero attached hydrogens (tertiary/aromatic N) is 1. The smallest absolute Gasteiger partial charge is 0.242 e. The van der Waals surface area contributed by atoms with Gasteiger partial charge >= 0.3 is 0 Å². The van der Waals surface area contributed by atoms with E-state index in [0.717, 1.165) is 37.4 Å². The Hall–Kier alpha value is -1.55. The molecule has 1 aromatic rings. The normalized spacial score (nSPS) is 14.5. The lowest BCUT2D eigenvalue weighted by molar-refractivity contribution is -0.119. The largest absolute Gasteiger partial charge is 0.497 e. The lowest BCUT2D eigenvalue weighted by atomic mass is 9.98. The van der Waals surface area contributed by atoms with E-state index in [0.29, 0.717) is 18.6 Å². The minimum Gasteiger partial charge on any atom is -0.497 e. The fourth-order valence-electron chi connectivity index (χ4n) is 3.25. The Labute approximate surface area is 197 Å². The summed E-state index contributed by atoms with van der Waals surface area (Å²) in [4.78, 5) is 16.4. The zero-order valence-electron chi connectivity index (χ0n) is 18.2. The maximum absolute atomic E-state index is 12.1. The van der Waals surface area contributed by atoms with Crippen LogP contribution in [-0.2, 0) is 16.1 Å². The van der Waals surface area contributed by atoms with Crippen LogP contribution in [0.15, 0.2) is 29.3 Å². The number of benzene rings is 1. The highest BCUT2D eigenvalue weighted by atomic mass is 127. The lowest BCUT2D eigenvalue weighted by Gasteiger charge is -2.22. The number of carbonyl (C=O) groups excluding carboxylic acids is 1. The van der Waals surface area contributed by atoms with Gasteiger partial charge in [0.05, 0.1) is 13.2 Å². The second-order valence-electron chi connectivity index (χ2n) is 7.23. The summed E-state index contributed by atoms with van der Waals surface area (Å²) in [6.45, 7) is 4.85. The van der Waals surface area contributed by atoms with Gasteiger partial charge in [0.1, 0.15) is 12.3 Å². The molecule has 1 aliphatic carbocycles. The summed E-state index contributed by atoms with van der Waals surface area (Å²) in [5.41, 5.74) is 1.02. The predicted octanol–water partition coefficient (Wildman–Crippen LogP) is 3.22. The standard InChI is InChI=1S/C22H36N4O3.HI/c1-3-23-22(24-14-7-15-29-20-8-5-4-6-9-20)26-17-21(27)25-16-18-10-12-19(28-2)13-11-18;/h10-13,20H,3-9,14-17H2,1-2H3,(H,25,27)(H2,23,24,26);1H. The van der Waals surface area contributed by atoms with Crippen LogP contribution in [0.2, 0.25) is 0 Å². The minimum absolute atomic E-state index is 0. The van der Waals surface area contributed by atoms with Crippen LogP contribution in [0.5, 0.6) is 5.75 Å². The van der Waals surface area contributed by atoms with Gasteiger partial charge in [-0.3, -0.25) is 4.79 Å². The first-order valence-corrected chi connectivity index (χ1v) is 10.7. The average Bonchev–Trinajstić information content (AvgIpc) is 2.76. The molecule has 2 rings (SSSR count). The number of ether oxygens (including phenoxy) is 2. The van der Waals surface area contributed by atoms with Crippen LogP contribution in [-0.4, -0.2) is 51.3 Å². The van der Waals surface area contributed by atoms with Crippen molar-refractivity contribution in [1.29, 1.82) is 0 Å². The number of rotatable bonds is 11. The van der Waals surface area contributed by atoms with Crippen molar-refractivity contribution in [2.75, 3.05) is 33.4 Å². The molecule has 0 aromatic heterocycles. The molecule has 0 aliphatic heterocycles. The molecule has 0 heterocycles. The number of hydrogen-bond donors (Lipinski definition) is 3. The number of aliphatic imine (C=N–C) groups is 1. The third-order valence-electron chi connectivity index (χ3n) is 4.89. The molecule has 0 unspecified atom stereocenters. The molecule has 0 bridgehead atoms. The summed E-state index contributed by atoms with van der Waals surface area (Å²) in [6.07, 6.45) is 7.69.